The highest BCUT2D eigenvalue weighted by molar-refractivity contribution is 5.27. The highest BCUT2D eigenvalue weighted by Crippen LogP contribution is 2.20. The third-order valence-corrected chi connectivity index (χ3v) is 3.17. The molecule has 0 bridgehead atoms. The number of rotatable bonds is 7. The molecule has 1 unspecified atom stereocenters. The van der Waals surface area contributed by atoms with Crippen LogP contribution in [0.3, 0.4) is 0 Å². The third-order valence-electron chi connectivity index (χ3n) is 3.17. The van der Waals surface area contributed by atoms with Gasteiger partial charge in [0.2, 0.25) is 0 Å². The van der Waals surface area contributed by atoms with E-state index < -0.39 is 0 Å². The quantitative estimate of drug-likeness (QED) is 0.741. The Kier molecular flexibility index (Phi) is 5.65. The van der Waals surface area contributed by atoms with Crippen molar-refractivity contribution in [3.63, 3.8) is 0 Å². The molecule has 0 fully saturated rings. The number of hydrogen-bond acceptors (Lipinski definition) is 3. The van der Waals surface area contributed by atoms with Crippen molar-refractivity contribution in [1.82, 2.24) is 15.1 Å². The van der Waals surface area contributed by atoms with Gasteiger partial charge in [0.05, 0.1) is 5.69 Å². The number of nitrogens with zero attached hydrogens (tertiary/aromatic N) is 2. The molecule has 17 heavy (non-hydrogen) atoms. The van der Waals surface area contributed by atoms with Crippen molar-refractivity contribution in [3.05, 3.63) is 17.0 Å². The van der Waals surface area contributed by atoms with E-state index in [9.17, 15) is 0 Å². The van der Waals surface area contributed by atoms with E-state index in [-0.39, 0.29) is 0 Å². The maximum Gasteiger partial charge on any atom is 0.0644 e. The molecule has 0 spiro atoms. The Labute approximate surface area is 104 Å². The lowest BCUT2D eigenvalue weighted by atomic mass is 10.1. The van der Waals surface area contributed by atoms with Crippen LogP contribution in [0, 0.1) is 13.8 Å². The molecule has 0 aliphatic carbocycles. The molecule has 1 atom stereocenters. The first-order valence-corrected chi connectivity index (χ1v) is 6.40. The van der Waals surface area contributed by atoms with Gasteiger partial charge in [-0.1, -0.05) is 0 Å². The minimum atomic E-state index is 0.357. The van der Waals surface area contributed by atoms with Gasteiger partial charge in [-0.2, -0.15) is 5.10 Å². The van der Waals surface area contributed by atoms with Crippen LogP contribution >= 0.6 is 0 Å². The molecule has 0 saturated heterocycles. The fraction of sp³-hybridized carbons (Fsp3) is 0.769. The van der Waals surface area contributed by atoms with Gasteiger partial charge in [0.15, 0.2) is 0 Å². The standard InChI is InChI=1S/C13H25N3O/c1-6-17-9-7-8-16-12(4)13(10(2)14-5)11(3)15-16/h10,14H,6-9H2,1-5H3. The maximum atomic E-state index is 5.35. The van der Waals surface area contributed by atoms with Gasteiger partial charge in [0, 0.05) is 37.1 Å². The largest absolute Gasteiger partial charge is 0.382 e. The van der Waals surface area contributed by atoms with Crippen molar-refractivity contribution in [2.75, 3.05) is 20.3 Å². The Morgan fingerprint density at radius 3 is 2.71 bits per heavy atom. The smallest absolute Gasteiger partial charge is 0.0644 e. The third kappa shape index (κ3) is 3.54. The lowest BCUT2D eigenvalue weighted by Crippen LogP contribution is -2.14. The summed E-state index contributed by atoms with van der Waals surface area (Å²) >= 11 is 0. The van der Waals surface area contributed by atoms with E-state index in [1.54, 1.807) is 0 Å². The topological polar surface area (TPSA) is 39.1 Å². The van der Waals surface area contributed by atoms with Gasteiger partial charge >= 0.3 is 0 Å². The van der Waals surface area contributed by atoms with Crippen LogP contribution in [0.15, 0.2) is 0 Å². The van der Waals surface area contributed by atoms with Crippen LogP contribution in [-0.4, -0.2) is 30.0 Å². The second-order valence-corrected chi connectivity index (χ2v) is 4.37. The molecule has 0 aromatic carbocycles. The molecular formula is C13H25N3O. The van der Waals surface area contributed by atoms with Crippen LogP contribution in [-0.2, 0) is 11.3 Å². The van der Waals surface area contributed by atoms with Crippen LogP contribution in [0.25, 0.3) is 0 Å². The van der Waals surface area contributed by atoms with Crippen molar-refractivity contribution in [3.8, 4) is 0 Å². The Hall–Kier alpha value is -0.870. The maximum absolute atomic E-state index is 5.35. The van der Waals surface area contributed by atoms with Gasteiger partial charge in [-0.25, -0.2) is 0 Å². The summed E-state index contributed by atoms with van der Waals surface area (Å²) < 4.78 is 7.44. The first-order valence-electron chi connectivity index (χ1n) is 6.40. The van der Waals surface area contributed by atoms with Crippen molar-refractivity contribution in [2.24, 2.45) is 0 Å². The van der Waals surface area contributed by atoms with Crippen molar-refractivity contribution in [1.29, 1.82) is 0 Å². The van der Waals surface area contributed by atoms with Crippen molar-refractivity contribution in [2.45, 2.75) is 46.7 Å². The molecule has 1 heterocycles. The van der Waals surface area contributed by atoms with Gasteiger partial charge in [0.1, 0.15) is 0 Å². The second kappa shape index (κ2) is 6.77. The average molecular weight is 239 g/mol. The van der Waals surface area contributed by atoms with Gasteiger partial charge in [0.25, 0.3) is 0 Å². The highest BCUT2D eigenvalue weighted by Gasteiger charge is 2.15. The van der Waals surface area contributed by atoms with E-state index in [0.717, 1.165) is 31.9 Å². The normalized spacial score (nSPS) is 13.0. The zero-order chi connectivity index (χ0) is 12.8. The lowest BCUT2D eigenvalue weighted by Gasteiger charge is -2.11. The average Bonchev–Trinajstić information content (AvgIpc) is 2.59. The van der Waals surface area contributed by atoms with E-state index in [2.05, 4.69) is 35.9 Å². The summed E-state index contributed by atoms with van der Waals surface area (Å²) in [7, 11) is 1.98. The lowest BCUT2D eigenvalue weighted by molar-refractivity contribution is 0.140. The number of nitrogens with one attached hydrogen (secondary N) is 1. The highest BCUT2D eigenvalue weighted by atomic mass is 16.5. The summed E-state index contributed by atoms with van der Waals surface area (Å²) in [6.07, 6.45) is 1.02. The first kappa shape index (κ1) is 14.2. The predicted molar refractivity (Wildman–Crippen MR) is 70.3 cm³/mol. The first-order chi connectivity index (χ1) is 8.11. The molecule has 0 saturated carbocycles. The van der Waals surface area contributed by atoms with Crippen LogP contribution in [0.4, 0.5) is 0 Å². The second-order valence-electron chi connectivity index (χ2n) is 4.37. The minimum Gasteiger partial charge on any atom is -0.382 e. The summed E-state index contributed by atoms with van der Waals surface area (Å²) in [4.78, 5) is 0. The van der Waals surface area contributed by atoms with Crippen LogP contribution in [0.2, 0.25) is 0 Å². The summed E-state index contributed by atoms with van der Waals surface area (Å²) in [5, 5.41) is 7.87. The fourth-order valence-electron chi connectivity index (χ4n) is 2.16. The number of hydrogen-bond donors (Lipinski definition) is 1. The van der Waals surface area contributed by atoms with E-state index in [0.29, 0.717) is 6.04 Å². The molecular weight excluding hydrogens is 214 g/mol. The van der Waals surface area contributed by atoms with E-state index in [1.807, 2.05) is 14.0 Å². The van der Waals surface area contributed by atoms with Gasteiger partial charge in [-0.15, -0.1) is 0 Å². The zero-order valence-corrected chi connectivity index (χ0v) is 11.7. The number of aromatic nitrogens is 2. The van der Waals surface area contributed by atoms with Gasteiger partial charge in [-0.05, 0) is 41.2 Å². The molecule has 4 heteroatoms. The Bertz CT molecular complexity index is 347. The molecule has 4 nitrogen and oxygen atoms in total. The molecule has 0 aliphatic heterocycles. The number of ether oxygens (including phenoxy) is 1. The Morgan fingerprint density at radius 1 is 1.41 bits per heavy atom. The van der Waals surface area contributed by atoms with E-state index >= 15 is 0 Å². The Morgan fingerprint density at radius 2 is 2.12 bits per heavy atom. The van der Waals surface area contributed by atoms with Gasteiger partial charge < -0.3 is 10.1 Å². The van der Waals surface area contributed by atoms with E-state index in [4.69, 9.17) is 4.74 Å². The molecule has 0 radical (unpaired) electrons. The van der Waals surface area contributed by atoms with Crippen LogP contribution in [0.1, 0.15) is 43.3 Å². The SMILES string of the molecule is CCOCCCn1nc(C)c(C(C)NC)c1C. The van der Waals surface area contributed by atoms with E-state index in [1.165, 1.54) is 11.3 Å². The Balaban J connectivity index is 2.68. The summed E-state index contributed by atoms with van der Waals surface area (Å²) in [6.45, 7) is 10.9. The van der Waals surface area contributed by atoms with Gasteiger partial charge in [-0.3, -0.25) is 4.68 Å². The summed E-state index contributed by atoms with van der Waals surface area (Å²) in [5.41, 5.74) is 3.71. The number of aryl methyl sites for hydroxylation is 2. The zero-order valence-electron chi connectivity index (χ0n) is 11.7. The van der Waals surface area contributed by atoms with Crippen LogP contribution in [0.5, 0.6) is 0 Å². The molecule has 1 rings (SSSR count). The molecule has 1 aromatic heterocycles. The minimum absolute atomic E-state index is 0.357. The monoisotopic (exact) mass is 239 g/mol. The summed E-state index contributed by atoms with van der Waals surface area (Å²) in [5.74, 6) is 0. The van der Waals surface area contributed by atoms with Crippen LogP contribution < -0.4 is 5.32 Å². The van der Waals surface area contributed by atoms with Crippen molar-refractivity contribution >= 4 is 0 Å². The molecule has 98 valence electrons. The molecule has 1 aromatic rings. The predicted octanol–water partition coefficient (Wildman–Crippen LogP) is 2.21. The fourth-order valence-corrected chi connectivity index (χ4v) is 2.16. The summed E-state index contributed by atoms with van der Waals surface area (Å²) in [6, 6.07) is 0.357. The molecule has 0 aliphatic rings. The molecule has 1 N–H and O–H groups in total. The molecule has 0 amide bonds. The van der Waals surface area contributed by atoms with Crippen molar-refractivity contribution < 1.29 is 4.74 Å².